The maximum Gasteiger partial charge on any atom is 0.255 e. The zero-order valence-corrected chi connectivity index (χ0v) is 18.3. The fraction of sp³-hybridized carbons (Fsp3) is 0.208. The Morgan fingerprint density at radius 3 is 2.78 bits per heavy atom. The highest BCUT2D eigenvalue weighted by atomic mass is 35.5. The van der Waals surface area contributed by atoms with Gasteiger partial charge < -0.3 is 10.1 Å². The Morgan fingerprint density at radius 2 is 2.06 bits per heavy atom. The van der Waals surface area contributed by atoms with Crippen LogP contribution in [0.5, 0.6) is 11.5 Å². The number of amides is 1. The number of nitrogens with zero attached hydrogens (tertiary/aromatic N) is 2. The molecule has 0 radical (unpaired) electrons. The van der Waals surface area contributed by atoms with Crippen molar-refractivity contribution in [1.29, 1.82) is 5.26 Å². The molecule has 1 saturated carbocycles. The summed E-state index contributed by atoms with van der Waals surface area (Å²) in [5.74, 6) is 0.687. The number of nitrogens with one attached hydrogen (secondary N) is 1. The van der Waals surface area contributed by atoms with Crippen LogP contribution in [0.3, 0.4) is 0 Å². The van der Waals surface area contributed by atoms with Crippen LogP contribution in [0.4, 0.5) is 4.39 Å². The van der Waals surface area contributed by atoms with Gasteiger partial charge >= 0.3 is 0 Å². The zero-order valence-electron chi connectivity index (χ0n) is 16.8. The van der Waals surface area contributed by atoms with Gasteiger partial charge in [-0.2, -0.15) is 5.26 Å². The molecule has 2 aromatic carbocycles. The third-order valence-electron chi connectivity index (χ3n) is 5.10. The van der Waals surface area contributed by atoms with Gasteiger partial charge in [0.05, 0.1) is 18.3 Å². The molecule has 3 aromatic rings. The van der Waals surface area contributed by atoms with Crippen LogP contribution in [0.15, 0.2) is 54.7 Å². The molecule has 32 heavy (non-hydrogen) atoms. The van der Waals surface area contributed by atoms with Crippen molar-refractivity contribution in [3.05, 3.63) is 87.2 Å². The molecule has 1 fully saturated rings. The van der Waals surface area contributed by atoms with Gasteiger partial charge in [-0.1, -0.05) is 41.4 Å². The lowest BCUT2D eigenvalue weighted by atomic mass is 10.1. The van der Waals surface area contributed by atoms with Crippen LogP contribution in [0, 0.1) is 11.3 Å². The number of ether oxygens (including phenoxy) is 1. The fourth-order valence-electron chi connectivity index (χ4n) is 3.28. The Morgan fingerprint density at radius 1 is 1.25 bits per heavy atom. The van der Waals surface area contributed by atoms with E-state index in [1.165, 1.54) is 36.0 Å². The van der Waals surface area contributed by atoms with Crippen LogP contribution < -0.4 is 10.1 Å². The van der Waals surface area contributed by atoms with E-state index in [2.05, 4.69) is 10.3 Å². The number of carbonyl (C=O) groups excluding carboxylic acids is 1. The molecule has 1 heterocycles. The van der Waals surface area contributed by atoms with Gasteiger partial charge in [0.1, 0.15) is 23.7 Å². The summed E-state index contributed by atoms with van der Waals surface area (Å²) in [7, 11) is 0. The smallest absolute Gasteiger partial charge is 0.255 e. The van der Waals surface area contributed by atoms with Crippen LogP contribution in [0.2, 0.25) is 10.0 Å². The molecule has 8 heteroatoms. The van der Waals surface area contributed by atoms with E-state index in [0.29, 0.717) is 16.7 Å². The summed E-state index contributed by atoms with van der Waals surface area (Å²) >= 11 is 11.9. The van der Waals surface area contributed by atoms with Gasteiger partial charge in [-0.25, -0.2) is 9.37 Å². The first-order chi connectivity index (χ1) is 15.4. The first-order valence-electron chi connectivity index (χ1n) is 10.00. The van der Waals surface area contributed by atoms with Gasteiger partial charge in [-0.15, -0.1) is 0 Å². The second kappa shape index (κ2) is 9.56. The summed E-state index contributed by atoms with van der Waals surface area (Å²) in [6.07, 6.45) is 2.08. The van der Waals surface area contributed by atoms with E-state index in [1.54, 1.807) is 6.07 Å². The molecule has 1 amide bonds. The largest absolute Gasteiger partial charge is 0.455 e. The van der Waals surface area contributed by atoms with Crippen molar-refractivity contribution < 1.29 is 13.9 Å². The molecule has 0 saturated heterocycles. The fourth-order valence-corrected chi connectivity index (χ4v) is 3.81. The summed E-state index contributed by atoms with van der Waals surface area (Å²) in [4.78, 5) is 16.8. The lowest BCUT2D eigenvalue weighted by molar-refractivity contribution is 0.0939. The van der Waals surface area contributed by atoms with E-state index in [1.807, 2.05) is 24.3 Å². The van der Waals surface area contributed by atoms with Crippen molar-refractivity contribution >= 4 is 29.1 Å². The summed E-state index contributed by atoms with van der Waals surface area (Å²) in [5.41, 5.74) is 1.53. The number of alkyl halides is 1. The highest BCUT2D eigenvalue weighted by molar-refractivity contribution is 6.35. The molecule has 0 spiro atoms. The van der Waals surface area contributed by atoms with Gasteiger partial charge in [0.15, 0.2) is 5.75 Å². The molecule has 162 valence electrons. The number of benzene rings is 2. The SMILES string of the molecule is N#Cc1cc(C(=O)NCC(F)c2ccc(Cl)cc2Cl)c(Oc2cccc(C3CC3)c2)cn1. The van der Waals surface area contributed by atoms with Crippen molar-refractivity contribution in [2.45, 2.75) is 24.9 Å². The monoisotopic (exact) mass is 469 g/mol. The Labute approximate surface area is 194 Å². The molecule has 1 N–H and O–H groups in total. The molecule has 1 aliphatic rings. The van der Waals surface area contributed by atoms with Crippen molar-refractivity contribution in [1.82, 2.24) is 10.3 Å². The van der Waals surface area contributed by atoms with Gasteiger partial charge in [-0.3, -0.25) is 4.79 Å². The number of halogens is 3. The molecule has 1 unspecified atom stereocenters. The van der Waals surface area contributed by atoms with Crippen molar-refractivity contribution in [3.8, 4) is 17.6 Å². The first-order valence-corrected chi connectivity index (χ1v) is 10.8. The Kier molecular flexibility index (Phi) is 6.59. The topological polar surface area (TPSA) is 75.0 Å². The maximum absolute atomic E-state index is 14.7. The quantitative estimate of drug-likeness (QED) is 0.436. The molecule has 1 atom stereocenters. The highest BCUT2D eigenvalue weighted by Gasteiger charge is 2.24. The molecule has 5 nitrogen and oxygen atoms in total. The van der Waals surface area contributed by atoms with Gasteiger partial charge in [0.2, 0.25) is 0 Å². The Balaban J connectivity index is 1.51. The van der Waals surface area contributed by atoms with E-state index in [4.69, 9.17) is 27.9 Å². The minimum atomic E-state index is -1.54. The minimum absolute atomic E-state index is 0.0479. The first kappa shape index (κ1) is 22.1. The number of rotatable bonds is 7. The van der Waals surface area contributed by atoms with Crippen LogP contribution in [-0.2, 0) is 0 Å². The molecular weight excluding hydrogens is 452 g/mol. The predicted octanol–water partition coefficient (Wildman–Crippen LogP) is 6.37. The highest BCUT2D eigenvalue weighted by Crippen LogP contribution is 2.41. The molecule has 1 aromatic heterocycles. The van der Waals surface area contributed by atoms with Crippen LogP contribution in [0.1, 0.15) is 52.1 Å². The molecule has 1 aliphatic carbocycles. The number of pyridine rings is 1. The van der Waals surface area contributed by atoms with E-state index < -0.39 is 12.1 Å². The van der Waals surface area contributed by atoms with Gasteiger partial charge in [0.25, 0.3) is 5.91 Å². The second-order valence-electron chi connectivity index (χ2n) is 7.47. The minimum Gasteiger partial charge on any atom is -0.455 e. The summed E-state index contributed by atoms with van der Waals surface area (Å²) < 4.78 is 20.6. The second-order valence-corrected chi connectivity index (χ2v) is 8.31. The molecule has 0 aliphatic heterocycles. The lowest BCUT2D eigenvalue weighted by Crippen LogP contribution is -2.27. The number of aromatic nitrogens is 1. The third kappa shape index (κ3) is 5.18. The van der Waals surface area contributed by atoms with Crippen LogP contribution in [-0.4, -0.2) is 17.4 Å². The van der Waals surface area contributed by atoms with Gasteiger partial charge in [0, 0.05) is 15.6 Å². The predicted molar refractivity (Wildman–Crippen MR) is 120 cm³/mol. The maximum atomic E-state index is 14.7. The van der Waals surface area contributed by atoms with Crippen molar-refractivity contribution in [2.24, 2.45) is 0 Å². The van der Waals surface area contributed by atoms with E-state index in [-0.39, 0.29) is 34.1 Å². The average molecular weight is 470 g/mol. The number of hydrogen-bond acceptors (Lipinski definition) is 4. The lowest BCUT2D eigenvalue weighted by Gasteiger charge is -2.14. The standard InChI is InChI=1S/C24H18Cl2FN3O2/c25-16-6-7-19(21(26)9-16)22(27)12-30-24(31)20-10-17(11-28)29-13-23(20)32-18-3-1-2-15(8-18)14-4-5-14/h1-3,6-10,13-14,22H,4-5,12H2,(H,30,31). The third-order valence-corrected chi connectivity index (χ3v) is 5.67. The van der Waals surface area contributed by atoms with Gasteiger partial charge in [-0.05, 0) is 54.7 Å². The Hall–Kier alpha value is -3.14. The van der Waals surface area contributed by atoms with Crippen molar-refractivity contribution in [2.75, 3.05) is 6.54 Å². The average Bonchev–Trinajstić information content (AvgIpc) is 3.63. The van der Waals surface area contributed by atoms with E-state index in [9.17, 15) is 14.4 Å². The van der Waals surface area contributed by atoms with E-state index >= 15 is 0 Å². The molecule has 4 rings (SSSR count). The Bertz CT molecular complexity index is 1210. The number of nitriles is 1. The molecular formula is C24H18Cl2FN3O2. The van der Waals surface area contributed by atoms with Crippen LogP contribution in [0.25, 0.3) is 0 Å². The zero-order chi connectivity index (χ0) is 22.7. The number of hydrogen-bond donors (Lipinski definition) is 1. The summed E-state index contributed by atoms with van der Waals surface area (Å²) in [6.45, 7) is -0.318. The molecule has 0 bridgehead atoms. The summed E-state index contributed by atoms with van der Waals surface area (Å²) in [6, 6.07) is 15.3. The normalized spacial score (nSPS) is 13.8. The van der Waals surface area contributed by atoms with Crippen molar-refractivity contribution in [3.63, 3.8) is 0 Å². The van der Waals surface area contributed by atoms with Crippen LogP contribution >= 0.6 is 23.2 Å². The van der Waals surface area contributed by atoms with E-state index in [0.717, 1.165) is 12.8 Å². The summed E-state index contributed by atoms with van der Waals surface area (Å²) in [5, 5.41) is 12.3. The number of carbonyl (C=O) groups is 1.